The van der Waals surface area contributed by atoms with Crippen molar-refractivity contribution in [3.05, 3.63) is 42.0 Å². The van der Waals surface area contributed by atoms with Crippen molar-refractivity contribution in [2.45, 2.75) is 32.3 Å². The molecule has 0 spiro atoms. The number of hydrogen-bond acceptors (Lipinski definition) is 3. The maximum Gasteiger partial charge on any atom is 0.189 e. The maximum absolute atomic E-state index is 9.47. The third-order valence-corrected chi connectivity index (χ3v) is 5.10. The highest BCUT2D eigenvalue weighted by Crippen LogP contribution is 2.26. The van der Waals surface area contributed by atoms with E-state index in [1.54, 1.807) is 0 Å². The average molecular weight is 304 g/mol. The van der Waals surface area contributed by atoms with Crippen LogP contribution in [0.15, 0.2) is 36.4 Å². The summed E-state index contributed by atoms with van der Waals surface area (Å²) in [6.07, 6.45) is 0. The van der Waals surface area contributed by atoms with E-state index < -0.39 is 8.07 Å². The van der Waals surface area contributed by atoms with Crippen molar-refractivity contribution in [3.63, 3.8) is 0 Å². The van der Waals surface area contributed by atoms with Gasteiger partial charge >= 0.3 is 0 Å². The molecule has 0 aromatic heterocycles. The number of rotatable bonds is 7. The molecule has 0 saturated carbocycles. The molecule has 2 aromatic rings. The van der Waals surface area contributed by atoms with Gasteiger partial charge in [-0.25, -0.2) is 0 Å². The van der Waals surface area contributed by atoms with Gasteiger partial charge in [0.25, 0.3) is 0 Å². The largest absolute Gasteiger partial charge is 0.467 e. The second-order valence-electron chi connectivity index (χ2n) is 6.45. The predicted molar refractivity (Wildman–Crippen MR) is 89.5 cm³/mol. The molecule has 21 heavy (non-hydrogen) atoms. The van der Waals surface area contributed by atoms with Gasteiger partial charge in [-0.2, -0.15) is 0 Å². The first kappa shape index (κ1) is 16.0. The summed E-state index contributed by atoms with van der Waals surface area (Å²) < 4.78 is 11.2. The van der Waals surface area contributed by atoms with Gasteiger partial charge in [-0.15, -0.1) is 0 Å². The summed E-state index contributed by atoms with van der Waals surface area (Å²) in [6.45, 7) is 7.90. The van der Waals surface area contributed by atoms with Gasteiger partial charge in [-0.1, -0.05) is 43.9 Å². The van der Waals surface area contributed by atoms with Crippen LogP contribution >= 0.6 is 0 Å². The van der Waals surface area contributed by atoms with Crippen molar-refractivity contribution in [2.24, 2.45) is 0 Å². The topological polar surface area (TPSA) is 38.7 Å². The zero-order valence-corrected chi connectivity index (χ0v) is 14.1. The van der Waals surface area contributed by atoms with Gasteiger partial charge in [0.1, 0.15) is 5.75 Å². The highest BCUT2D eigenvalue weighted by atomic mass is 28.3. The van der Waals surface area contributed by atoms with Crippen LogP contribution in [0.5, 0.6) is 5.75 Å². The van der Waals surface area contributed by atoms with Gasteiger partial charge < -0.3 is 14.6 Å². The highest BCUT2D eigenvalue weighted by Gasteiger charge is 2.12. The first-order valence-electron chi connectivity index (χ1n) is 7.33. The van der Waals surface area contributed by atoms with Crippen molar-refractivity contribution in [3.8, 4) is 5.75 Å². The van der Waals surface area contributed by atoms with E-state index in [-0.39, 0.29) is 13.4 Å². The SMILES string of the molecule is C[Si](C)(C)CCOCOc1cc2ccccc2cc1CO. The molecule has 0 saturated heterocycles. The van der Waals surface area contributed by atoms with Gasteiger partial charge in [0.2, 0.25) is 0 Å². The Morgan fingerprint density at radius 3 is 2.33 bits per heavy atom. The van der Waals surface area contributed by atoms with E-state index >= 15 is 0 Å². The van der Waals surface area contributed by atoms with Crippen LogP contribution in [0, 0.1) is 0 Å². The molecule has 2 rings (SSSR count). The second-order valence-corrected chi connectivity index (χ2v) is 12.1. The van der Waals surface area contributed by atoms with Gasteiger partial charge in [0.15, 0.2) is 6.79 Å². The van der Waals surface area contributed by atoms with Crippen molar-refractivity contribution in [1.29, 1.82) is 0 Å². The molecule has 0 unspecified atom stereocenters. The van der Waals surface area contributed by atoms with Crippen molar-refractivity contribution >= 4 is 18.8 Å². The Morgan fingerprint density at radius 2 is 1.71 bits per heavy atom. The zero-order valence-electron chi connectivity index (χ0n) is 13.1. The molecule has 0 radical (unpaired) electrons. The number of fused-ring (bicyclic) bond motifs is 1. The molecule has 0 atom stereocenters. The second kappa shape index (κ2) is 7.07. The molecule has 1 N–H and O–H groups in total. The molecular weight excluding hydrogens is 280 g/mol. The Hall–Kier alpha value is -1.36. The van der Waals surface area contributed by atoms with E-state index in [9.17, 15) is 5.11 Å². The van der Waals surface area contributed by atoms with Crippen LogP contribution in [0.3, 0.4) is 0 Å². The summed E-state index contributed by atoms with van der Waals surface area (Å²) in [6, 6.07) is 13.1. The molecule has 2 aromatic carbocycles. The number of benzene rings is 2. The third-order valence-electron chi connectivity index (χ3n) is 3.39. The first-order valence-corrected chi connectivity index (χ1v) is 11.0. The Bertz CT molecular complexity index is 590. The monoisotopic (exact) mass is 304 g/mol. The van der Waals surface area contributed by atoms with Crippen molar-refractivity contribution in [1.82, 2.24) is 0 Å². The lowest BCUT2D eigenvalue weighted by molar-refractivity contribution is 0.0209. The fraction of sp³-hybridized carbons (Fsp3) is 0.412. The molecular formula is C17H24O3Si. The fourth-order valence-corrected chi connectivity index (χ4v) is 2.82. The first-order chi connectivity index (χ1) is 9.99. The van der Waals surface area contributed by atoms with Crippen molar-refractivity contribution in [2.75, 3.05) is 13.4 Å². The van der Waals surface area contributed by atoms with Crippen LogP contribution in [0.2, 0.25) is 25.7 Å². The van der Waals surface area contributed by atoms with E-state index in [4.69, 9.17) is 9.47 Å². The summed E-state index contributed by atoms with van der Waals surface area (Å²) in [7, 11) is -1.06. The summed E-state index contributed by atoms with van der Waals surface area (Å²) in [5.41, 5.74) is 0.794. The van der Waals surface area contributed by atoms with Crippen LogP contribution in [0.4, 0.5) is 0 Å². The van der Waals surface area contributed by atoms with Crippen molar-refractivity contribution < 1.29 is 14.6 Å². The van der Waals surface area contributed by atoms with Gasteiger partial charge in [0.05, 0.1) is 6.61 Å². The lowest BCUT2D eigenvalue weighted by Gasteiger charge is -2.16. The minimum atomic E-state index is -1.06. The predicted octanol–water partition coefficient (Wildman–Crippen LogP) is 4.02. The summed E-state index contributed by atoms with van der Waals surface area (Å²) in [5, 5.41) is 11.7. The maximum atomic E-state index is 9.47. The molecule has 0 fully saturated rings. The molecule has 0 aliphatic heterocycles. The minimum absolute atomic E-state index is 0.0327. The lowest BCUT2D eigenvalue weighted by atomic mass is 10.1. The molecule has 0 amide bonds. The van der Waals surface area contributed by atoms with E-state index in [2.05, 4.69) is 19.6 Å². The Kier molecular flexibility index (Phi) is 5.39. The zero-order chi connectivity index (χ0) is 15.3. The smallest absolute Gasteiger partial charge is 0.189 e. The lowest BCUT2D eigenvalue weighted by Crippen LogP contribution is -2.22. The number of hydrogen-bond donors (Lipinski definition) is 1. The highest BCUT2D eigenvalue weighted by molar-refractivity contribution is 6.76. The number of ether oxygens (including phenoxy) is 2. The van der Waals surface area contributed by atoms with Crippen LogP contribution in [0.25, 0.3) is 10.8 Å². The molecule has 114 valence electrons. The van der Waals surface area contributed by atoms with Gasteiger partial charge in [-0.05, 0) is 28.9 Å². The standard InChI is InChI=1S/C17H24O3Si/c1-21(2,3)9-8-19-13-20-17-11-15-7-5-4-6-14(15)10-16(17)12-18/h4-7,10-11,18H,8-9,12-13H2,1-3H3. The Balaban J connectivity index is 1.97. The molecule has 3 nitrogen and oxygen atoms in total. The van der Waals surface area contributed by atoms with E-state index in [0.717, 1.165) is 29.0 Å². The molecule has 0 heterocycles. The normalized spacial score (nSPS) is 11.8. The van der Waals surface area contributed by atoms with Crippen LogP contribution in [0.1, 0.15) is 5.56 Å². The molecule has 4 heteroatoms. The van der Waals surface area contributed by atoms with Crippen LogP contribution in [-0.2, 0) is 11.3 Å². The Morgan fingerprint density at radius 1 is 1.05 bits per heavy atom. The minimum Gasteiger partial charge on any atom is -0.467 e. The quantitative estimate of drug-likeness (QED) is 0.477. The van der Waals surface area contributed by atoms with E-state index in [0.29, 0.717) is 5.75 Å². The fourth-order valence-electron chi connectivity index (χ4n) is 2.07. The van der Waals surface area contributed by atoms with Gasteiger partial charge in [0, 0.05) is 20.2 Å². The van der Waals surface area contributed by atoms with Crippen LogP contribution in [-0.4, -0.2) is 26.6 Å². The Labute approximate surface area is 127 Å². The van der Waals surface area contributed by atoms with E-state index in [1.807, 2.05) is 36.4 Å². The van der Waals surface area contributed by atoms with Crippen LogP contribution < -0.4 is 4.74 Å². The summed E-state index contributed by atoms with van der Waals surface area (Å²) in [4.78, 5) is 0. The average Bonchev–Trinajstić information content (AvgIpc) is 2.44. The molecule has 0 bridgehead atoms. The van der Waals surface area contributed by atoms with E-state index in [1.165, 1.54) is 0 Å². The number of aliphatic hydroxyl groups excluding tert-OH is 1. The molecule has 0 aliphatic carbocycles. The number of aliphatic hydroxyl groups is 1. The summed E-state index contributed by atoms with van der Waals surface area (Å²) >= 11 is 0. The molecule has 0 aliphatic rings. The third kappa shape index (κ3) is 4.84. The summed E-state index contributed by atoms with van der Waals surface area (Å²) in [5.74, 6) is 0.698. The van der Waals surface area contributed by atoms with Gasteiger partial charge in [-0.3, -0.25) is 0 Å².